The lowest BCUT2D eigenvalue weighted by atomic mass is 10.0. The van der Waals surface area contributed by atoms with Gasteiger partial charge in [-0.1, -0.05) is 15.9 Å². The van der Waals surface area contributed by atoms with Crippen LogP contribution in [0.5, 0.6) is 5.75 Å². The van der Waals surface area contributed by atoms with Gasteiger partial charge < -0.3 is 10.1 Å². The molecule has 2 bridgehead atoms. The molecule has 102 valence electrons. The third-order valence-corrected chi connectivity index (χ3v) is 5.83. The molecule has 1 aromatic carbocycles. The second kappa shape index (κ2) is 4.78. The molecule has 1 aromatic rings. The van der Waals surface area contributed by atoms with Gasteiger partial charge in [0.1, 0.15) is 12.4 Å². The van der Waals surface area contributed by atoms with E-state index in [2.05, 4.69) is 21.2 Å². The van der Waals surface area contributed by atoms with E-state index < -0.39 is 0 Å². The van der Waals surface area contributed by atoms with Gasteiger partial charge in [-0.3, -0.25) is 0 Å². The average molecular weight is 322 g/mol. The molecule has 4 atom stereocenters. The molecule has 3 fully saturated rings. The van der Waals surface area contributed by atoms with Crippen molar-refractivity contribution in [3.8, 4) is 5.75 Å². The second-order valence-electron chi connectivity index (χ2n) is 6.27. The minimum absolute atomic E-state index is 0.771. The number of nitrogens with one attached hydrogen (secondary N) is 1. The zero-order chi connectivity index (χ0) is 12.8. The van der Waals surface area contributed by atoms with Crippen molar-refractivity contribution in [3.05, 3.63) is 28.7 Å². The van der Waals surface area contributed by atoms with Crippen molar-refractivity contribution in [2.75, 3.05) is 13.2 Å². The highest BCUT2D eigenvalue weighted by Crippen LogP contribution is 2.65. The quantitative estimate of drug-likeness (QED) is 0.838. The molecule has 3 saturated carbocycles. The van der Waals surface area contributed by atoms with Crippen molar-refractivity contribution in [2.45, 2.75) is 25.3 Å². The highest BCUT2D eigenvalue weighted by molar-refractivity contribution is 9.10. The van der Waals surface area contributed by atoms with Gasteiger partial charge in [0.25, 0.3) is 0 Å². The van der Waals surface area contributed by atoms with Crippen LogP contribution >= 0.6 is 15.9 Å². The van der Waals surface area contributed by atoms with Crippen molar-refractivity contribution in [2.24, 2.45) is 23.7 Å². The summed E-state index contributed by atoms with van der Waals surface area (Å²) in [6.45, 7) is 1.75. The van der Waals surface area contributed by atoms with Crippen LogP contribution in [0.25, 0.3) is 0 Å². The summed E-state index contributed by atoms with van der Waals surface area (Å²) in [5.41, 5.74) is 0. The van der Waals surface area contributed by atoms with Gasteiger partial charge >= 0.3 is 0 Å². The van der Waals surface area contributed by atoms with E-state index in [4.69, 9.17) is 4.74 Å². The van der Waals surface area contributed by atoms with E-state index in [1.165, 1.54) is 19.3 Å². The molecule has 3 aliphatic rings. The first-order chi connectivity index (χ1) is 9.33. The lowest BCUT2D eigenvalue weighted by Crippen LogP contribution is -2.27. The average Bonchev–Trinajstić information content (AvgIpc) is 2.81. The summed E-state index contributed by atoms with van der Waals surface area (Å²) in [6, 6.07) is 8.88. The van der Waals surface area contributed by atoms with Crippen LogP contribution in [-0.4, -0.2) is 19.2 Å². The summed E-state index contributed by atoms with van der Waals surface area (Å²) in [7, 11) is 0. The Bertz CT molecular complexity index is 444. The molecule has 0 heterocycles. The highest BCUT2D eigenvalue weighted by atomic mass is 79.9. The van der Waals surface area contributed by atoms with Crippen molar-refractivity contribution in [1.82, 2.24) is 5.32 Å². The number of halogens is 1. The molecule has 3 aliphatic carbocycles. The first kappa shape index (κ1) is 12.2. The Labute approximate surface area is 123 Å². The fourth-order valence-corrected chi connectivity index (χ4v) is 4.79. The fraction of sp³-hybridized carbons (Fsp3) is 0.625. The van der Waals surface area contributed by atoms with Crippen LogP contribution in [-0.2, 0) is 0 Å². The van der Waals surface area contributed by atoms with Gasteiger partial charge in [-0.05, 0) is 67.2 Å². The number of hydrogen-bond donors (Lipinski definition) is 1. The molecular weight excluding hydrogens is 302 g/mol. The fourth-order valence-electron chi connectivity index (χ4n) is 4.52. The van der Waals surface area contributed by atoms with Crippen LogP contribution in [0.1, 0.15) is 19.3 Å². The Hall–Kier alpha value is -0.540. The van der Waals surface area contributed by atoms with Gasteiger partial charge in [-0.15, -0.1) is 0 Å². The molecule has 0 saturated heterocycles. The molecule has 0 aromatic heterocycles. The first-order valence-corrected chi connectivity index (χ1v) is 8.24. The van der Waals surface area contributed by atoms with Gasteiger partial charge in [0, 0.05) is 17.1 Å². The molecule has 4 unspecified atom stereocenters. The molecule has 4 rings (SSSR count). The van der Waals surface area contributed by atoms with E-state index in [-0.39, 0.29) is 0 Å². The van der Waals surface area contributed by atoms with E-state index in [1.54, 1.807) is 0 Å². The van der Waals surface area contributed by atoms with Gasteiger partial charge in [-0.25, -0.2) is 0 Å². The van der Waals surface area contributed by atoms with Gasteiger partial charge in [0.15, 0.2) is 0 Å². The van der Waals surface area contributed by atoms with Crippen molar-refractivity contribution < 1.29 is 4.74 Å². The topological polar surface area (TPSA) is 21.3 Å². The summed E-state index contributed by atoms with van der Waals surface area (Å²) in [5.74, 6) is 5.11. The maximum atomic E-state index is 5.75. The number of ether oxygens (including phenoxy) is 1. The summed E-state index contributed by atoms with van der Waals surface area (Å²) in [6.07, 6.45) is 4.53. The molecule has 3 heteroatoms. The number of hydrogen-bond acceptors (Lipinski definition) is 2. The Kier molecular flexibility index (Phi) is 3.07. The van der Waals surface area contributed by atoms with Crippen LogP contribution in [0.2, 0.25) is 0 Å². The summed E-state index contributed by atoms with van der Waals surface area (Å²) < 4.78 is 6.84. The first-order valence-electron chi connectivity index (χ1n) is 7.45. The third-order valence-electron chi connectivity index (χ3n) is 5.30. The van der Waals surface area contributed by atoms with E-state index in [0.717, 1.165) is 53.1 Å². The number of rotatable bonds is 5. The smallest absolute Gasteiger partial charge is 0.119 e. The Morgan fingerprint density at radius 3 is 2.47 bits per heavy atom. The van der Waals surface area contributed by atoms with Crippen LogP contribution in [0.4, 0.5) is 0 Å². The molecule has 0 radical (unpaired) electrons. The minimum atomic E-state index is 0.771. The van der Waals surface area contributed by atoms with Crippen LogP contribution in [0.15, 0.2) is 28.7 Å². The maximum absolute atomic E-state index is 5.75. The van der Waals surface area contributed by atoms with Crippen LogP contribution in [0, 0.1) is 23.7 Å². The standard InChI is InChI=1S/C16H20BrNO/c17-12-3-5-13(6-4-12)19-8-7-18-16-14-10-1-2-11(9-10)15(14)16/h3-6,10-11,14-16,18H,1-2,7-9H2. The molecule has 2 nitrogen and oxygen atoms in total. The van der Waals surface area contributed by atoms with Crippen molar-refractivity contribution in [3.63, 3.8) is 0 Å². The second-order valence-corrected chi connectivity index (χ2v) is 7.19. The molecule has 1 N–H and O–H groups in total. The molecular formula is C16H20BrNO. The number of benzene rings is 1. The van der Waals surface area contributed by atoms with Gasteiger partial charge in [0.2, 0.25) is 0 Å². The summed E-state index contributed by atoms with van der Waals surface area (Å²) in [5, 5.41) is 3.71. The van der Waals surface area contributed by atoms with Crippen LogP contribution in [0.3, 0.4) is 0 Å². The third kappa shape index (κ3) is 2.21. The largest absolute Gasteiger partial charge is 0.492 e. The van der Waals surface area contributed by atoms with E-state index in [1.807, 2.05) is 24.3 Å². The zero-order valence-electron chi connectivity index (χ0n) is 11.0. The van der Waals surface area contributed by atoms with E-state index in [0.29, 0.717) is 0 Å². The molecule has 0 spiro atoms. The minimum Gasteiger partial charge on any atom is -0.492 e. The van der Waals surface area contributed by atoms with Crippen molar-refractivity contribution in [1.29, 1.82) is 0 Å². The summed E-state index contributed by atoms with van der Waals surface area (Å²) >= 11 is 3.43. The highest BCUT2D eigenvalue weighted by Gasteiger charge is 2.64. The van der Waals surface area contributed by atoms with Crippen molar-refractivity contribution >= 4 is 15.9 Å². The Balaban J connectivity index is 1.20. The van der Waals surface area contributed by atoms with E-state index >= 15 is 0 Å². The predicted molar refractivity (Wildman–Crippen MR) is 79.2 cm³/mol. The maximum Gasteiger partial charge on any atom is 0.119 e. The monoisotopic (exact) mass is 321 g/mol. The lowest BCUT2D eigenvalue weighted by Gasteiger charge is -2.11. The Morgan fingerprint density at radius 2 is 1.79 bits per heavy atom. The molecule has 0 aliphatic heterocycles. The van der Waals surface area contributed by atoms with Gasteiger partial charge in [0.05, 0.1) is 0 Å². The molecule has 0 amide bonds. The Morgan fingerprint density at radius 1 is 1.11 bits per heavy atom. The van der Waals surface area contributed by atoms with Crippen LogP contribution < -0.4 is 10.1 Å². The molecule has 19 heavy (non-hydrogen) atoms. The zero-order valence-corrected chi connectivity index (χ0v) is 12.6. The SMILES string of the molecule is Brc1ccc(OCCNC2C3C4CCC(C4)C23)cc1. The van der Waals surface area contributed by atoms with Gasteiger partial charge in [-0.2, -0.15) is 0 Å². The van der Waals surface area contributed by atoms with E-state index in [9.17, 15) is 0 Å². The summed E-state index contributed by atoms with van der Waals surface area (Å²) in [4.78, 5) is 0. The normalized spacial score (nSPS) is 38.3. The number of fused-ring (bicyclic) bond motifs is 5. The lowest BCUT2D eigenvalue weighted by molar-refractivity contribution is 0.307. The predicted octanol–water partition coefficient (Wildman–Crippen LogP) is 3.46.